The van der Waals surface area contributed by atoms with Gasteiger partial charge in [0.1, 0.15) is 0 Å². The molecule has 152 valence electrons. The fraction of sp³-hybridized carbons (Fsp3) is 0.368. The van der Waals surface area contributed by atoms with Gasteiger partial charge in [0.2, 0.25) is 6.41 Å². The summed E-state index contributed by atoms with van der Waals surface area (Å²) in [5.41, 5.74) is 6.58. The van der Waals surface area contributed by atoms with E-state index in [1.165, 1.54) is 18.2 Å². The number of alkyl halides is 3. The Hall–Kier alpha value is -2.52. The highest BCUT2D eigenvalue weighted by molar-refractivity contribution is 5.73. The molecular formula is C19H21F4N3O2. The van der Waals surface area contributed by atoms with Crippen molar-refractivity contribution in [2.24, 2.45) is 0 Å². The molecule has 0 spiro atoms. The Morgan fingerprint density at radius 1 is 1.25 bits per heavy atom. The Bertz CT molecular complexity index is 858. The van der Waals surface area contributed by atoms with Gasteiger partial charge in [0.15, 0.2) is 5.82 Å². The standard InChI is InChI=1S/C19H21F4N3O2/c1-2-28-18(27)25-14-5-6-15(16(20)17(14)24)26-8-7-11-3-4-13(19(21,22)23)9-12(11)10-26/h3-6,9,18,25,27H,2,7-8,10,24H2,1H3. The van der Waals surface area contributed by atoms with Crippen molar-refractivity contribution in [2.45, 2.75) is 32.5 Å². The van der Waals surface area contributed by atoms with Crippen molar-refractivity contribution in [3.8, 4) is 0 Å². The van der Waals surface area contributed by atoms with Crippen molar-refractivity contribution in [1.29, 1.82) is 0 Å². The molecule has 0 aromatic heterocycles. The van der Waals surface area contributed by atoms with E-state index in [0.717, 1.165) is 17.7 Å². The lowest BCUT2D eigenvalue weighted by atomic mass is 9.96. The molecular weight excluding hydrogens is 378 g/mol. The molecule has 1 atom stereocenters. The van der Waals surface area contributed by atoms with Crippen molar-refractivity contribution in [1.82, 2.24) is 0 Å². The molecule has 1 heterocycles. The highest BCUT2D eigenvalue weighted by atomic mass is 19.4. The van der Waals surface area contributed by atoms with Gasteiger partial charge in [-0.2, -0.15) is 13.2 Å². The normalized spacial score (nSPS) is 15.3. The summed E-state index contributed by atoms with van der Waals surface area (Å²) in [5.74, 6) is -0.705. The van der Waals surface area contributed by atoms with Gasteiger partial charge in [-0.15, -0.1) is 0 Å². The van der Waals surface area contributed by atoms with Crippen LogP contribution in [-0.4, -0.2) is 24.7 Å². The summed E-state index contributed by atoms with van der Waals surface area (Å²) in [6, 6.07) is 6.62. The van der Waals surface area contributed by atoms with Gasteiger partial charge in [-0.1, -0.05) is 6.07 Å². The zero-order valence-electron chi connectivity index (χ0n) is 15.2. The van der Waals surface area contributed by atoms with Crippen LogP contribution in [0.2, 0.25) is 0 Å². The first-order valence-corrected chi connectivity index (χ1v) is 8.78. The van der Waals surface area contributed by atoms with Crippen molar-refractivity contribution in [2.75, 3.05) is 29.1 Å². The number of hydrogen-bond acceptors (Lipinski definition) is 5. The van der Waals surface area contributed by atoms with E-state index in [1.54, 1.807) is 11.8 Å². The minimum absolute atomic E-state index is 0.143. The van der Waals surface area contributed by atoms with Crippen molar-refractivity contribution >= 4 is 17.1 Å². The largest absolute Gasteiger partial charge is 0.416 e. The van der Waals surface area contributed by atoms with Gasteiger partial charge in [0.05, 0.1) is 22.6 Å². The highest BCUT2D eigenvalue weighted by Gasteiger charge is 2.32. The third kappa shape index (κ3) is 4.15. The van der Waals surface area contributed by atoms with E-state index in [4.69, 9.17) is 10.5 Å². The molecule has 4 N–H and O–H groups in total. The second-order valence-electron chi connectivity index (χ2n) is 6.46. The summed E-state index contributed by atoms with van der Waals surface area (Å²) in [4.78, 5) is 1.65. The maximum atomic E-state index is 14.8. The van der Waals surface area contributed by atoms with Gasteiger partial charge in [-0.3, -0.25) is 0 Å². The molecule has 9 heteroatoms. The number of ether oxygens (including phenoxy) is 1. The predicted molar refractivity (Wildman–Crippen MR) is 98.3 cm³/mol. The molecule has 0 saturated carbocycles. The van der Waals surface area contributed by atoms with Gasteiger partial charge in [-0.25, -0.2) is 4.39 Å². The lowest BCUT2D eigenvalue weighted by Crippen LogP contribution is -2.31. The SMILES string of the molecule is CCOC(O)Nc1ccc(N2CCc3ccc(C(F)(F)F)cc3C2)c(F)c1N. The number of aliphatic hydroxyl groups excluding tert-OH is 1. The second-order valence-corrected chi connectivity index (χ2v) is 6.46. The molecule has 0 aliphatic carbocycles. The number of nitrogens with one attached hydrogen (secondary N) is 1. The second kappa shape index (κ2) is 7.84. The maximum absolute atomic E-state index is 14.8. The molecule has 1 aliphatic heterocycles. The number of aliphatic hydroxyl groups is 1. The van der Waals surface area contributed by atoms with Crippen LogP contribution in [0.4, 0.5) is 34.6 Å². The van der Waals surface area contributed by atoms with Gasteiger partial charge < -0.3 is 25.8 Å². The van der Waals surface area contributed by atoms with Crippen LogP contribution in [0.15, 0.2) is 30.3 Å². The quantitative estimate of drug-likeness (QED) is 0.406. The lowest BCUT2D eigenvalue weighted by molar-refractivity contribution is -0.137. The lowest BCUT2D eigenvalue weighted by Gasteiger charge is -2.32. The first kappa shape index (κ1) is 20.2. The van der Waals surface area contributed by atoms with Gasteiger partial charge in [0.25, 0.3) is 0 Å². The van der Waals surface area contributed by atoms with E-state index >= 15 is 0 Å². The van der Waals surface area contributed by atoms with Crippen LogP contribution in [-0.2, 0) is 23.9 Å². The Labute approximate surface area is 159 Å². The Kier molecular flexibility index (Phi) is 5.66. The molecule has 3 rings (SSSR count). The topological polar surface area (TPSA) is 70.8 Å². The van der Waals surface area contributed by atoms with Crippen LogP contribution < -0.4 is 16.0 Å². The smallest absolute Gasteiger partial charge is 0.395 e. The number of nitrogen functional groups attached to an aromatic ring is 1. The Morgan fingerprint density at radius 3 is 2.68 bits per heavy atom. The number of nitrogens with zero attached hydrogens (tertiary/aromatic N) is 1. The minimum atomic E-state index is -4.43. The molecule has 0 radical (unpaired) electrons. The summed E-state index contributed by atoms with van der Waals surface area (Å²) in [7, 11) is 0. The van der Waals surface area contributed by atoms with Gasteiger partial charge in [-0.05, 0) is 48.7 Å². The average Bonchev–Trinajstić information content (AvgIpc) is 2.64. The van der Waals surface area contributed by atoms with E-state index in [1.807, 2.05) is 0 Å². The predicted octanol–water partition coefficient (Wildman–Crippen LogP) is 3.71. The Morgan fingerprint density at radius 2 is 2.00 bits per heavy atom. The molecule has 28 heavy (non-hydrogen) atoms. The fourth-order valence-electron chi connectivity index (χ4n) is 3.22. The molecule has 2 aromatic rings. The molecule has 0 saturated heterocycles. The molecule has 2 aromatic carbocycles. The summed E-state index contributed by atoms with van der Waals surface area (Å²) < 4.78 is 58.7. The summed E-state index contributed by atoms with van der Waals surface area (Å²) in [5, 5.41) is 12.2. The number of nitrogens with two attached hydrogens (primary N) is 1. The fourth-order valence-corrected chi connectivity index (χ4v) is 3.22. The van der Waals surface area contributed by atoms with Gasteiger partial charge >= 0.3 is 6.18 Å². The molecule has 1 aliphatic rings. The van der Waals surface area contributed by atoms with E-state index in [-0.39, 0.29) is 30.2 Å². The minimum Gasteiger partial charge on any atom is -0.395 e. The highest BCUT2D eigenvalue weighted by Crippen LogP contribution is 2.35. The summed E-state index contributed by atoms with van der Waals surface area (Å²) in [6.45, 7) is 2.53. The number of rotatable bonds is 5. The third-order valence-electron chi connectivity index (χ3n) is 4.65. The van der Waals surface area contributed by atoms with Crippen LogP contribution in [0, 0.1) is 5.82 Å². The monoisotopic (exact) mass is 399 g/mol. The third-order valence-corrected chi connectivity index (χ3v) is 4.65. The molecule has 0 bridgehead atoms. The first-order valence-electron chi connectivity index (χ1n) is 8.78. The molecule has 0 fully saturated rings. The zero-order chi connectivity index (χ0) is 20.5. The van der Waals surface area contributed by atoms with Gasteiger partial charge in [0, 0.05) is 19.7 Å². The van der Waals surface area contributed by atoms with Crippen LogP contribution >= 0.6 is 0 Å². The average molecular weight is 399 g/mol. The number of benzene rings is 2. The Balaban J connectivity index is 1.84. The van der Waals surface area contributed by atoms with Crippen LogP contribution in [0.25, 0.3) is 0 Å². The van der Waals surface area contributed by atoms with E-state index in [9.17, 15) is 22.7 Å². The molecule has 0 amide bonds. The maximum Gasteiger partial charge on any atom is 0.416 e. The number of hydrogen-bond donors (Lipinski definition) is 3. The molecule has 5 nitrogen and oxygen atoms in total. The number of halogens is 4. The number of anilines is 3. The van der Waals surface area contributed by atoms with E-state index in [2.05, 4.69) is 5.32 Å². The van der Waals surface area contributed by atoms with Crippen molar-refractivity contribution in [3.05, 3.63) is 52.8 Å². The van der Waals surface area contributed by atoms with Crippen LogP contribution in [0.5, 0.6) is 0 Å². The molecule has 1 unspecified atom stereocenters. The van der Waals surface area contributed by atoms with E-state index < -0.39 is 24.0 Å². The van der Waals surface area contributed by atoms with Crippen LogP contribution in [0.1, 0.15) is 23.6 Å². The van der Waals surface area contributed by atoms with E-state index in [0.29, 0.717) is 18.5 Å². The summed E-state index contributed by atoms with van der Waals surface area (Å²) in [6.07, 6.45) is -5.27. The van der Waals surface area contributed by atoms with Crippen molar-refractivity contribution in [3.63, 3.8) is 0 Å². The van der Waals surface area contributed by atoms with Crippen molar-refractivity contribution < 1.29 is 27.4 Å². The first-order chi connectivity index (χ1) is 13.2. The zero-order valence-corrected chi connectivity index (χ0v) is 15.2. The number of fused-ring (bicyclic) bond motifs is 1. The van der Waals surface area contributed by atoms with Crippen LogP contribution in [0.3, 0.4) is 0 Å². The summed E-state index contributed by atoms with van der Waals surface area (Å²) >= 11 is 0.